The highest BCUT2D eigenvalue weighted by atomic mass is 31.1. The first-order valence-corrected chi connectivity index (χ1v) is 10.4. The Labute approximate surface area is 160 Å². The largest absolute Gasteiger partial charge is 0.455 e. The molecule has 0 spiro atoms. The molecule has 0 bridgehead atoms. The van der Waals surface area contributed by atoms with E-state index in [-0.39, 0.29) is 0 Å². The summed E-state index contributed by atoms with van der Waals surface area (Å²) < 4.78 is 6.20. The molecule has 1 heterocycles. The van der Waals surface area contributed by atoms with Gasteiger partial charge in [-0.2, -0.15) is 5.26 Å². The van der Waals surface area contributed by atoms with Crippen LogP contribution in [0.3, 0.4) is 0 Å². The van der Waals surface area contributed by atoms with E-state index in [4.69, 9.17) is 4.42 Å². The van der Waals surface area contributed by atoms with Crippen LogP contribution in [-0.4, -0.2) is 5.29 Å². The SMILES string of the molecule is Cc1ccc2oc(C(C#N)=[PH](c3ccccc3)c3ccccc3)c(C)c2c1. The molecule has 0 fully saturated rings. The minimum atomic E-state index is -1.46. The topological polar surface area (TPSA) is 36.9 Å². The van der Waals surface area contributed by atoms with Crippen molar-refractivity contribution >= 4 is 34.4 Å². The number of hydrogen-bond donors (Lipinski definition) is 0. The summed E-state index contributed by atoms with van der Waals surface area (Å²) in [5, 5.41) is 14.3. The average Bonchev–Trinajstić information content (AvgIpc) is 3.03. The number of fused-ring (bicyclic) bond motifs is 1. The van der Waals surface area contributed by atoms with E-state index < -0.39 is 7.55 Å². The van der Waals surface area contributed by atoms with Gasteiger partial charge in [0.25, 0.3) is 0 Å². The monoisotopic (exact) mass is 369 g/mol. The molecular formula is C24H20NOP. The minimum Gasteiger partial charge on any atom is -0.455 e. The smallest absolute Gasteiger partial charge is 0.149 e. The first kappa shape index (κ1) is 17.4. The van der Waals surface area contributed by atoms with Gasteiger partial charge in [0.2, 0.25) is 0 Å². The molecule has 3 heteroatoms. The Hall–Kier alpha value is -3.01. The highest BCUT2D eigenvalue weighted by Gasteiger charge is 2.19. The lowest BCUT2D eigenvalue weighted by Gasteiger charge is -2.12. The molecule has 0 unspecified atom stereocenters. The van der Waals surface area contributed by atoms with E-state index in [2.05, 4.69) is 43.3 Å². The minimum absolute atomic E-state index is 0.722. The standard InChI is InChI=1S/C24H20NOP/c1-17-13-14-22-21(15-17)18(2)24(26-22)23(16-25)27(19-9-5-3-6-10-19)20-11-7-4-8-12-20/h3-15,27H,1-2H3. The fourth-order valence-corrected chi connectivity index (χ4v) is 6.00. The van der Waals surface area contributed by atoms with Crippen LogP contribution in [0.2, 0.25) is 0 Å². The number of nitriles is 1. The number of benzene rings is 3. The van der Waals surface area contributed by atoms with Crippen LogP contribution in [0, 0.1) is 25.2 Å². The second-order valence-electron chi connectivity index (χ2n) is 6.65. The maximum atomic E-state index is 10.2. The van der Waals surface area contributed by atoms with Gasteiger partial charge in [-0.3, -0.25) is 0 Å². The van der Waals surface area contributed by atoms with Gasteiger partial charge >= 0.3 is 0 Å². The zero-order chi connectivity index (χ0) is 18.8. The Morgan fingerprint density at radius 1 is 0.852 bits per heavy atom. The Balaban J connectivity index is 2.06. The van der Waals surface area contributed by atoms with E-state index in [1.54, 1.807) is 0 Å². The molecule has 2 nitrogen and oxygen atoms in total. The van der Waals surface area contributed by atoms with Crippen molar-refractivity contribution in [1.82, 2.24) is 0 Å². The van der Waals surface area contributed by atoms with Crippen LogP contribution < -0.4 is 10.6 Å². The van der Waals surface area contributed by atoms with Crippen molar-refractivity contribution < 1.29 is 4.42 Å². The summed E-state index contributed by atoms with van der Waals surface area (Å²) in [5.41, 5.74) is 3.07. The van der Waals surface area contributed by atoms with Gasteiger partial charge in [-0.15, -0.1) is 0 Å². The third-order valence-electron chi connectivity index (χ3n) is 4.81. The van der Waals surface area contributed by atoms with Crippen LogP contribution in [-0.2, 0) is 0 Å². The zero-order valence-electron chi connectivity index (χ0n) is 15.4. The lowest BCUT2D eigenvalue weighted by molar-refractivity contribution is 0.604. The predicted molar refractivity (Wildman–Crippen MR) is 116 cm³/mol. The Morgan fingerprint density at radius 3 is 2.00 bits per heavy atom. The molecule has 0 saturated carbocycles. The van der Waals surface area contributed by atoms with Crippen molar-refractivity contribution in [3.63, 3.8) is 0 Å². The Kier molecular flexibility index (Phi) is 4.71. The Morgan fingerprint density at radius 2 is 1.44 bits per heavy atom. The molecule has 0 atom stereocenters. The van der Waals surface area contributed by atoms with Gasteiger partial charge in [-0.05, 0) is 44.1 Å². The summed E-state index contributed by atoms with van der Waals surface area (Å²) in [6.45, 7) is 4.12. The highest BCUT2D eigenvalue weighted by molar-refractivity contribution is 7.74. The highest BCUT2D eigenvalue weighted by Crippen LogP contribution is 2.33. The number of aryl methyl sites for hydroxylation is 2. The van der Waals surface area contributed by atoms with Gasteiger partial charge in [0.1, 0.15) is 17.4 Å². The van der Waals surface area contributed by atoms with Gasteiger partial charge in [0.05, 0.1) is 5.29 Å². The van der Waals surface area contributed by atoms with Crippen LogP contribution in [0.5, 0.6) is 0 Å². The van der Waals surface area contributed by atoms with Gasteiger partial charge < -0.3 is 4.42 Å². The van der Waals surface area contributed by atoms with Crippen LogP contribution in [0.4, 0.5) is 0 Å². The number of nitrogens with zero attached hydrogens (tertiary/aromatic N) is 1. The summed E-state index contributed by atoms with van der Waals surface area (Å²) in [6, 6.07) is 29.3. The molecular weight excluding hydrogens is 349 g/mol. The lowest BCUT2D eigenvalue weighted by atomic mass is 10.1. The van der Waals surface area contributed by atoms with Crippen molar-refractivity contribution in [2.45, 2.75) is 13.8 Å². The Bertz CT molecular complexity index is 1140. The van der Waals surface area contributed by atoms with E-state index in [9.17, 15) is 5.26 Å². The van der Waals surface area contributed by atoms with Gasteiger partial charge in [0, 0.05) is 10.9 Å². The molecule has 1 aromatic heterocycles. The summed E-state index contributed by atoms with van der Waals surface area (Å²) in [5.74, 6) is 0.722. The third-order valence-corrected chi connectivity index (χ3v) is 7.47. The van der Waals surface area contributed by atoms with E-state index in [1.807, 2.05) is 55.5 Å². The van der Waals surface area contributed by atoms with Crippen LogP contribution >= 0.6 is 7.55 Å². The number of furan rings is 1. The summed E-state index contributed by atoms with van der Waals surface area (Å²) in [7, 11) is -1.46. The van der Waals surface area contributed by atoms with E-state index in [1.165, 1.54) is 16.2 Å². The summed E-state index contributed by atoms with van der Waals surface area (Å²) in [6.07, 6.45) is 0. The van der Waals surface area contributed by atoms with Crippen LogP contribution in [0.15, 0.2) is 83.3 Å². The molecule has 4 aromatic rings. The molecule has 132 valence electrons. The molecule has 0 aliphatic rings. The van der Waals surface area contributed by atoms with Crippen molar-refractivity contribution in [2.24, 2.45) is 0 Å². The first-order valence-electron chi connectivity index (χ1n) is 8.94. The summed E-state index contributed by atoms with van der Waals surface area (Å²) in [4.78, 5) is 0. The molecule has 4 rings (SSSR count). The lowest BCUT2D eigenvalue weighted by Crippen LogP contribution is -2.13. The second kappa shape index (κ2) is 7.31. The molecule has 0 aliphatic heterocycles. The molecule has 27 heavy (non-hydrogen) atoms. The van der Waals surface area contributed by atoms with Crippen molar-refractivity contribution in [2.75, 3.05) is 0 Å². The van der Waals surface area contributed by atoms with Crippen molar-refractivity contribution in [3.8, 4) is 6.07 Å². The van der Waals surface area contributed by atoms with E-state index in [0.717, 1.165) is 27.6 Å². The molecule has 0 aliphatic carbocycles. The fraction of sp³-hybridized carbons (Fsp3) is 0.0833. The number of hydrogen-bond acceptors (Lipinski definition) is 2. The summed E-state index contributed by atoms with van der Waals surface area (Å²) >= 11 is 0. The molecule has 0 amide bonds. The molecule has 0 radical (unpaired) electrons. The number of rotatable bonds is 3. The zero-order valence-corrected chi connectivity index (χ0v) is 16.4. The van der Waals surface area contributed by atoms with Crippen LogP contribution in [0.25, 0.3) is 11.0 Å². The molecule has 0 saturated heterocycles. The van der Waals surface area contributed by atoms with Crippen molar-refractivity contribution in [1.29, 1.82) is 5.26 Å². The average molecular weight is 369 g/mol. The predicted octanol–water partition coefficient (Wildman–Crippen LogP) is 4.96. The maximum Gasteiger partial charge on any atom is 0.149 e. The van der Waals surface area contributed by atoms with Gasteiger partial charge in [-0.1, -0.05) is 72.3 Å². The quantitative estimate of drug-likeness (QED) is 0.479. The fourth-order valence-electron chi connectivity index (χ4n) is 3.46. The molecule has 3 aromatic carbocycles. The maximum absolute atomic E-state index is 10.2. The molecule has 0 N–H and O–H groups in total. The third kappa shape index (κ3) is 3.23. The first-order chi connectivity index (χ1) is 13.2. The second-order valence-corrected chi connectivity index (χ2v) is 9.05. The van der Waals surface area contributed by atoms with E-state index >= 15 is 0 Å². The van der Waals surface area contributed by atoms with Gasteiger partial charge in [0.15, 0.2) is 0 Å². The van der Waals surface area contributed by atoms with Crippen molar-refractivity contribution in [3.05, 3.63) is 95.7 Å². The van der Waals surface area contributed by atoms with Gasteiger partial charge in [-0.25, -0.2) is 0 Å². The van der Waals surface area contributed by atoms with E-state index in [0.29, 0.717) is 0 Å². The van der Waals surface area contributed by atoms with Crippen LogP contribution in [0.1, 0.15) is 16.9 Å². The normalized spacial score (nSPS) is 10.9.